The average molecular weight is 273 g/mol. The molecule has 1 aromatic carbocycles. The number of amides is 1. The Hall–Kier alpha value is -1.81. The molecule has 0 radical (unpaired) electrons. The van der Waals surface area contributed by atoms with Crippen molar-refractivity contribution in [2.24, 2.45) is 0 Å². The third kappa shape index (κ3) is 4.38. The molecule has 1 aliphatic carbocycles. The summed E-state index contributed by atoms with van der Waals surface area (Å²) in [6.45, 7) is 2.82. The van der Waals surface area contributed by atoms with Gasteiger partial charge in [0.15, 0.2) is 0 Å². The van der Waals surface area contributed by atoms with Crippen molar-refractivity contribution in [2.45, 2.75) is 31.8 Å². The molecule has 1 amide bonds. The highest BCUT2D eigenvalue weighted by molar-refractivity contribution is 5.91. The van der Waals surface area contributed by atoms with Crippen LogP contribution in [0.4, 0.5) is 5.69 Å². The lowest BCUT2D eigenvalue weighted by Crippen LogP contribution is -2.40. The Labute approximate surface area is 120 Å². The van der Waals surface area contributed by atoms with E-state index >= 15 is 0 Å². The summed E-state index contributed by atoms with van der Waals surface area (Å²) >= 11 is 0. The number of nitrogens with one attached hydrogen (secondary N) is 1. The molecule has 4 heteroatoms. The zero-order valence-corrected chi connectivity index (χ0v) is 12.2. The molecular formula is C16H23N3O. The minimum absolute atomic E-state index is 0.0575. The Bertz CT molecular complexity index is 477. The van der Waals surface area contributed by atoms with Crippen LogP contribution in [0.5, 0.6) is 0 Å². The highest BCUT2D eigenvalue weighted by Crippen LogP contribution is 2.26. The quantitative estimate of drug-likeness (QED) is 0.614. The molecule has 0 bridgehead atoms. The fourth-order valence-corrected chi connectivity index (χ4v) is 2.07. The normalized spacial score (nSPS) is 16.6. The van der Waals surface area contributed by atoms with Crippen molar-refractivity contribution in [2.75, 3.05) is 19.3 Å². The van der Waals surface area contributed by atoms with Gasteiger partial charge in [0, 0.05) is 30.4 Å². The summed E-state index contributed by atoms with van der Waals surface area (Å²) in [5.41, 5.74) is 7.31. The van der Waals surface area contributed by atoms with Gasteiger partial charge in [-0.3, -0.25) is 9.69 Å². The van der Waals surface area contributed by atoms with Gasteiger partial charge in [0.25, 0.3) is 0 Å². The Balaban J connectivity index is 1.75. The van der Waals surface area contributed by atoms with Crippen LogP contribution < -0.4 is 11.1 Å². The number of hydrogen-bond donors (Lipinski definition) is 2. The van der Waals surface area contributed by atoms with Crippen LogP contribution in [-0.2, 0) is 4.79 Å². The fraction of sp³-hybridized carbons (Fsp3) is 0.438. The second-order valence-electron chi connectivity index (χ2n) is 5.49. The van der Waals surface area contributed by atoms with Crippen LogP contribution in [0.3, 0.4) is 0 Å². The van der Waals surface area contributed by atoms with E-state index in [1.165, 1.54) is 12.8 Å². The number of hydrogen-bond acceptors (Lipinski definition) is 3. The lowest BCUT2D eigenvalue weighted by Gasteiger charge is -2.24. The maximum atomic E-state index is 11.8. The molecule has 1 aliphatic rings. The standard InChI is InChI=1S/C16H23N3O/c1-12(19(2)15-8-9-15)11-18-16(20)10-5-13-3-6-14(17)7-4-13/h3-7,10,12,15H,8-9,11,17H2,1-2H3,(H,18,20)/b10-5+. The van der Waals surface area contributed by atoms with Crippen LogP contribution >= 0.6 is 0 Å². The number of carbonyl (C=O) groups excluding carboxylic acids is 1. The number of likely N-dealkylation sites (N-methyl/N-ethyl adjacent to an activating group) is 1. The molecule has 4 nitrogen and oxygen atoms in total. The molecule has 0 saturated heterocycles. The molecule has 0 spiro atoms. The van der Waals surface area contributed by atoms with Crippen molar-refractivity contribution in [3.05, 3.63) is 35.9 Å². The van der Waals surface area contributed by atoms with E-state index in [1.54, 1.807) is 12.2 Å². The maximum absolute atomic E-state index is 11.8. The lowest BCUT2D eigenvalue weighted by molar-refractivity contribution is -0.116. The summed E-state index contributed by atoms with van der Waals surface area (Å²) in [4.78, 5) is 14.1. The van der Waals surface area contributed by atoms with Crippen LogP contribution in [0.2, 0.25) is 0 Å². The lowest BCUT2D eigenvalue weighted by atomic mass is 10.2. The second-order valence-corrected chi connectivity index (χ2v) is 5.49. The summed E-state index contributed by atoms with van der Waals surface area (Å²) in [5.74, 6) is -0.0575. The Morgan fingerprint density at radius 2 is 2.10 bits per heavy atom. The van der Waals surface area contributed by atoms with Crippen molar-refractivity contribution >= 4 is 17.7 Å². The van der Waals surface area contributed by atoms with Crippen molar-refractivity contribution < 1.29 is 4.79 Å². The predicted molar refractivity (Wildman–Crippen MR) is 83.1 cm³/mol. The number of benzene rings is 1. The number of nitrogen functional groups attached to an aromatic ring is 1. The third-order valence-electron chi connectivity index (χ3n) is 3.75. The zero-order chi connectivity index (χ0) is 14.5. The number of nitrogens with two attached hydrogens (primary N) is 1. The molecule has 1 unspecified atom stereocenters. The van der Waals surface area contributed by atoms with Crippen molar-refractivity contribution in [3.63, 3.8) is 0 Å². The predicted octanol–water partition coefficient (Wildman–Crippen LogP) is 1.88. The van der Waals surface area contributed by atoms with E-state index in [1.807, 2.05) is 24.3 Å². The van der Waals surface area contributed by atoms with E-state index in [0.29, 0.717) is 18.6 Å². The minimum atomic E-state index is -0.0575. The Morgan fingerprint density at radius 1 is 1.45 bits per heavy atom. The van der Waals surface area contributed by atoms with Crippen LogP contribution in [0.15, 0.2) is 30.3 Å². The first-order valence-corrected chi connectivity index (χ1v) is 7.09. The molecule has 1 aromatic rings. The van der Waals surface area contributed by atoms with Crippen LogP contribution in [0, 0.1) is 0 Å². The number of anilines is 1. The number of nitrogens with zero attached hydrogens (tertiary/aromatic N) is 1. The molecule has 0 heterocycles. The molecule has 1 saturated carbocycles. The van der Waals surface area contributed by atoms with Gasteiger partial charge in [-0.15, -0.1) is 0 Å². The highest BCUT2D eigenvalue weighted by Gasteiger charge is 2.28. The third-order valence-corrected chi connectivity index (χ3v) is 3.75. The largest absolute Gasteiger partial charge is 0.399 e. The molecule has 1 fully saturated rings. The van der Waals surface area contributed by atoms with Crippen molar-refractivity contribution in [3.8, 4) is 0 Å². The molecule has 20 heavy (non-hydrogen) atoms. The van der Waals surface area contributed by atoms with Crippen molar-refractivity contribution in [1.29, 1.82) is 0 Å². The Morgan fingerprint density at radius 3 is 2.70 bits per heavy atom. The first kappa shape index (κ1) is 14.6. The van der Waals surface area contributed by atoms with Gasteiger partial charge >= 0.3 is 0 Å². The van der Waals surface area contributed by atoms with E-state index in [9.17, 15) is 4.79 Å². The van der Waals surface area contributed by atoms with E-state index in [-0.39, 0.29) is 5.91 Å². The van der Waals surface area contributed by atoms with E-state index in [2.05, 4.69) is 24.2 Å². The number of rotatable bonds is 6. The minimum Gasteiger partial charge on any atom is -0.399 e. The topological polar surface area (TPSA) is 58.4 Å². The van der Waals surface area contributed by atoms with Gasteiger partial charge in [-0.1, -0.05) is 12.1 Å². The van der Waals surface area contributed by atoms with Gasteiger partial charge in [0.05, 0.1) is 0 Å². The summed E-state index contributed by atoms with van der Waals surface area (Å²) in [7, 11) is 2.12. The molecule has 1 atom stereocenters. The smallest absolute Gasteiger partial charge is 0.244 e. The maximum Gasteiger partial charge on any atom is 0.244 e. The summed E-state index contributed by atoms with van der Waals surface area (Å²) in [6, 6.07) is 8.52. The van der Waals surface area contributed by atoms with E-state index < -0.39 is 0 Å². The van der Waals surface area contributed by atoms with Gasteiger partial charge in [0.2, 0.25) is 5.91 Å². The first-order chi connectivity index (χ1) is 9.56. The summed E-state index contributed by atoms with van der Waals surface area (Å²) < 4.78 is 0. The Kier molecular flexibility index (Phi) is 4.79. The van der Waals surface area contributed by atoms with Gasteiger partial charge in [0.1, 0.15) is 0 Å². The average Bonchev–Trinajstić information content (AvgIpc) is 3.28. The van der Waals surface area contributed by atoms with Gasteiger partial charge in [-0.2, -0.15) is 0 Å². The van der Waals surface area contributed by atoms with Gasteiger partial charge in [-0.25, -0.2) is 0 Å². The van der Waals surface area contributed by atoms with Crippen molar-refractivity contribution in [1.82, 2.24) is 10.2 Å². The van der Waals surface area contributed by atoms with Crippen LogP contribution in [-0.4, -0.2) is 36.5 Å². The van der Waals surface area contributed by atoms with E-state index in [4.69, 9.17) is 5.73 Å². The molecule has 0 aromatic heterocycles. The summed E-state index contributed by atoms with van der Waals surface area (Å²) in [6.07, 6.45) is 5.93. The summed E-state index contributed by atoms with van der Waals surface area (Å²) in [5, 5.41) is 2.94. The molecule has 108 valence electrons. The van der Waals surface area contributed by atoms with Gasteiger partial charge in [-0.05, 0) is 50.6 Å². The molecule has 0 aliphatic heterocycles. The fourth-order valence-electron chi connectivity index (χ4n) is 2.07. The van der Waals surface area contributed by atoms with Crippen LogP contribution in [0.25, 0.3) is 6.08 Å². The first-order valence-electron chi connectivity index (χ1n) is 7.09. The molecule has 2 rings (SSSR count). The highest BCUT2D eigenvalue weighted by atomic mass is 16.1. The molecule has 3 N–H and O–H groups in total. The zero-order valence-electron chi connectivity index (χ0n) is 12.2. The molecular weight excluding hydrogens is 250 g/mol. The second kappa shape index (κ2) is 6.57. The monoisotopic (exact) mass is 273 g/mol. The van der Waals surface area contributed by atoms with Crippen LogP contribution in [0.1, 0.15) is 25.3 Å². The van der Waals surface area contributed by atoms with Gasteiger partial charge < -0.3 is 11.1 Å². The number of carbonyl (C=O) groups is 1. The SMILES string of the molecule is CC(CNC(=O)/C=C/c1ccc(N)cc1)N(C)C1CC1. The van der Waals surface area contributed by atoms with E-state index in [0.717, 1.165) is 11.3 Å².